The number of ether oxygens (including phenoxy) is 1. The van der Waals surface area contributed by atoms with Gasteiger partial charge in [0.1, 0.15) is 11.4 Å². The number of aromatic nitrogens is 3. The Morgan fingerprint density at radius 2 is 1.82 bits per heavy atom. The molecule has 0 spiro atoms. The smallest absolute Gasteiger partial charge is 0.268 e. The Kier molecular flexibility index (Phi) is 4.49. The molecule has 0 saturated heterocycles. The molecule has 140 valence electrons. The van der Waals surface area contributed by atoms with Crippen molar-refractivity contribution in [2.24, 2.45) is 0 Å². The molecule has 28 heavy (non-hydrogen) atoms. The van der Waals surface area contributed by atoms with Crippen LogP contribution in [0.3, 0.4) is 0 Å². The molecule has 4 rings (SSSR count). The molecule has 3 heterocycles. The van der Waals surface area contributed by atoms with Crippen molar-refractivity contribution in [2.75, 3.05) is 12.8 Å². The molecule has 0 aliphatic heterocycles. The van der Waals surface area contributed by atoms with Crippen molar-refractivity contribution in [1.82, 2.24) is 14.5 Å². The first-order valence-corrected chi connectivity index (χ1v) is 8.95. The summed E-state index contributed by atoms with van der Waals surface area (Å²) in [6.45, 7) is 1.87. The van der Waals surface area contributed by atoms with Gasteiger partial charge in [-0.3, -0.25) is 14.3 Å². The van der Waals surface area contributed by atoms with E-state index in [1.807, 2.05) is 19.1 Å². The van der Waals surface area contributed by atoms with Crippen LogP contribution >= 0.6 is 11.6 Å². The molecule has 0 aliphatic carbocycles. The van der Waals surface area contributed by atoms with Crippen LogP contribution in [-0.2, 0) is 0 Å². The van der Waals surface area contributed by atoms with Gasteiger partial charge in [0.25, 0.3) is 5.56 Å². The number of nitrogens with two attached hydrogens (primary N) is 1. The van der Waals surface area contributed by atoms with Gasteiger partial charge >= 0.3 is 0 Å². The minimum absolute atomic E-state index is 0.303. The summed E-state index contributed by atoms with van der Waals surface area (Å²) in [6, 6.07) is 14.2. The second kappa shape index (κ2) is 6.98. The second-order valence-corrected chi connectivity index (χ2v) is 6.75. The van der Waals surface area contributed by atoms with Crippen LogP contribution in [0.25, 0.3) is 28.0 Å². The van der Waals surface area contributed by atoms with Gasteiger partial charge < -0.3 is 10.5 Å². The molecule has 4 aromatic rings. The van der Waals surface area contributed by atoms with Crippen LogP contribution in [0.5, 0.6) is 5.75 Å². The Morgan fingerprint density at radius 1 is 1.07 bits per heavy atom. The van der Waals surface area contributed by atoms with Crippen molar-refractivity contribution in [1.29, 1.82) is 0 Å². The van der Waals surface area contributed by atoms with Gasteiger partial charge in [0.15, 0.2) is 0 Å². The highest BCUT2D eigenvalue weighted by molar-refractivity contribution is 6.30. The maximum atomic E-state index is 13.5. The van der Waals surface area contributed by atoms with E-state index in [4.69, 9.17) is 22.1 Å². The number of nitrogens with zero attached hydrogens (tertiary/aromatic N) is 3. The normalized spacial score (nSPS) is 11.0. The van der Waals surface area contributed by atoms with E-state index < -0.39 is 0 Å². The lowest BCUT2D eigenvalue weighted by Crippen LogP contribution is -2.23. The lowest BCUT2D eigenvalue weighted by atomic mass is 10.1. The third kappa shape index (κ3) is 2.97. The molecule has 0 saturated carbocycles. The molecule has 0 fully saturated rings. The average Bonchev–Trinajstić information content (AvgIpc) is 2.70. The fourth-order valence-electron chi connectivity index (χ4n) is 3.11. The Hall–Kier alpha value is -3.38. The van der Waals surface area contributed by atoms with Gasteiger partial charge in [0.2, 0.25) is 0 Å². The summed E-state index contributed by atoms with van der Waals surface area (Å²) in [5, 5.41) is 1.26. The van der Waals surface area contributed by atoms with Crippen molar-refractivity contribution in [3.05, 3.63) is 75.8 Å². The molecule has 0 radical (unpaired) electrons. The minimum Gasteiger partial charge on any atom is -0.495 e. The number of benzene rings is 1. The summed E-state index contributed by atoms with van der Waals surface area (Å²) in [4.78, 5) is 22.4. The van der Waals surface area contributed by atoms with E-state index in [9.17, 15) is 4.79 Å². The Labute approximate surface area is 166 Å². The molecule has 3 aromatic heterocycles. The van der Waals surface area contributed by atoms with Crippen LogP contribution in [0, 0.1) is 6.92 Å². The van der Waals surface area contributed by atoms with Crippen molar-refractivity contribution in [3.63, 3.8) is 0 Å². The molecule has 0 unspecified atom stereocenters. The number of nitrogen functional groups attached to an aromatic ring is 1. The number of hydrogen-bond acceptors (Lipinski definition) is 5. The molecule has 1 aromatic carbocycles. The Bertz CT molecular complexity index is 1230. The van der Waals surface area contributed by atoms with Crippen LogP contribution in [-0.4, -0.2) is 21.6 Å². The van der Waals surface area contributed by atoms with Gasteiger partial charge in [-0.1, -0.05) is 11.6 Å². The molecule has 0 bridgehead atoms. The topological polar surface area (TPSA) is 83.0 Å². The first kappa shape index (κ1) is 18.0. The van der Waals surface area contributed by atoms with Crippen LogP contribution in [0.2, 0.25) is 5.02 Å². The summed E-state index contributed by atoms with van der Waals surface area (Å²) < 4.78 is 6.69. The fourth-order valence-corrected chi connectivity index (χ4v) is 3.23. The van der Waals surface area contributed by atoms with E-state index >= 15 is 0 Å². The van der Waals surface area contributed by atoms with E-state index in [0.29, 0.717) is 44.4 Å². The maximum absolute atomic E-state index is 13.5. The Morgan fingerprint density at radius 3 is 2.46 bits per heavy atom. The van der Waals surface area contributed by atoms with Crippen molar-refractivity contribution < 1.29 is 4.74 Å². The summed E-state index contributed by atoms with van der Waals surface area (Å²) in [5.74, 6) is 0.596. The SMILES string of the molecule is COc1ccc(-c2c(N)c3ccc(C)nc3n(-c3ccc(Cl)cc3)c2=O)nc1. The van der Waals surface area contributed by atoms with Gasteiger partial charge in [0.05, 0.1) is 35.9 Å². The number of pyridine rings is 3. The zero-order valence-electron chi connectivity index (χ0n) is 15.3. The largest absolute Gasteiger partial charge is 0.495 e. The highest BCUT2D eigenvalue weighted by atomic mass is 35.5. The Balaban J connectivity index is 2.10. The van der Waals surface area contributed by atoms with E-state index in [2.05, 4.69) is 9.97 Å². The first-order chi connectivity index (χ1) is 13.5. The monoisotopic (exact) mass is 392 g/mol. The third-order valence-electron chi connectivity index (χ3n) is 4.52. The number of rotatable bonds is 3. The van der Waals surface area contributed by atoms with Crippen molar-refractivity contribution in [2.45, 2.75) is 6.92 Å². The summed E-state index contributed by atoms with van der Waals surface area (Å²) in [7, 11) is 1.56. The number of hydrogen-bond donors (Lipinski definition) is 1. The molecular weight excluding hydrogens is 376 g/mol. The van der Waals surface area contributed by atoms with Crippen LogP contribution in [0.4, 0.5) is 5.69 Å². The zero-order valence-corrected chi connectivity index (χ0v) is 16.1. The van der Waals surface area contributed by atoms with Crippen molar-refractivity contribution >= 4 is 28.3 Å². The molecule has 0 aliphatic rings. The number of halogens is 1. The highest BCUT2D eigenvalue weighted by Gasteiger charge is 2.19. The van der Waals surface area contributed by atoms with Crippen LogP contribution < -0.4 is 16.0 Å². The summed E-state index contributed by atoms with van der Waals surface area (Å²) in [6.07, 6.45) is 1.55. The van der Waals surface area contributed by atoms with E-state index in [0.717, 1.165) is 5.69 Å². The van der Waals surface area contributed by atoms with Gasteiger partial charge in [-0.2, -0.15) is 0 Å². The highest BCUT2D eigenvalue weighted by Crippen LogP contribution is 2.30. The van der Waals surface area contributed by atoms with Gasteiger partial charge in [-0.15, -0.1) is 0 Å². The number of fused-ring (bicyclic) bond motifs is 1. The fraction of sp³-hybridized carbons (Fsp3) is 0.0952. The first-order valence-electron chi connectivity index (χ1n) is 8.58. The molecule has 7 heteroatoms. The predicted octanol–water partition coefficient (Wildman–Crippen LogP) is 4.00. The van der Waals surface area contributed by atoms with E-state index in [1.165, 1.54) is 4.57 Å². The number of anilines is 1. The van der Waals surface area contributed by atoms with Crippen LogP contribution in [0.15, 0.2) is 59.5 Å². The van der Waals surface area contributed by atoms with E-state index in [1.54, 1.807) is 49.7 Å². The average molecular weight is 393 g/mol. The molecule has 0 atom stereocenters. The standard InChI is InChI=1S/C21H17ClN4O2/c1-12-3-9-16-19(23)18(17-10-8-15(28-2)11-24-17)21(27)26(20(16)25-12)14-6-4-13(22)5-7-14/h3-11H,23H2,1-2H3. The van der Waals surface area contributed by atoms with Crippen LogP contribution in [0.1, 0.15) is 5.69 Å². The second-order valence-electron chi connectivity index (χ2n) is 6.31. The summed E-state index contributed by atoms with van der Waals surface area (Å²) in [5.41, 5.74) is 9.14. The molecule has 0 amide bonds. The third-order valence-corrected chi connectivity index (χ3v) is 4.77. The quantitative estimate of drug-likeness (QED) is 0.569. The van der Waals surface area contributed by atoms with Gasteiger partial charge in [-0.05, 0) is 55.5 Å². The summed E-state index contributed by atoms with van der Waals surface area (Å²) >= 11 is 6.02. The maximum Gasteiger partial charge on any atom is 0.268 e. The van der Waals surface area contributed by atoms with Crippen molar-refractivity contribution in [3.8, 4) is 22.7 Å². The van der Waals surface area contributed by atoms with Gasteiger partial charge in [0, 0.05) is 16.1 Å². The number of aryl methyl sites for hydroxylation is 1. The zero-order chi connectivity index (χ0) is 19.8. The molecule has 6 nitrogen and oxygen atoms in total. The minimum atomic E-state index is -0.303. The van der Waals surface area contributed by atoms with E-state index in [-0.39, 0.29) is 5.56 Å². The lowest BCUT2D eigenvalue weighted by molar-refractivity contribution is 0.413. The van der Waals surface area contributed by atoms with Gasteiger partial charge in [-0.25, -0.2) is 4.98 Å². The molecular formula is C21H17ClN4O2. The number of methoxy groups -OCH3 is 1. The lowest BCUT2D eigenvalue weighted by Gasteiger charge is -2.15. The predicted molar refractivity (Wildman–Crippen MR) is 111 cm³/mol. The molecule has 2 N–H and O–H groups in total.